The molecule has 0 aliphatic heterocycles. The lowest BCUT2D eigenvalue weighted by Gasteiger charge is -2.00. The second-order valence-electron chi connectivity index (χ2n) is 4.93. The van der Waals surface area contributed by atoms with Crippen LogP contribution in [-0.2, 0) is 7.05 Å². The van der Waals surface area contributed by atoms with Gasteiger partial charge >= 0.3 is 0 Å². The van der Waals surface area contributed by atoms with E-state index in [4.69, 9.17) is 0 Å². The highest BCUT2D eigenvalue weighted by Crippen LogP contribution is 2.21. The molecule has 2 nitrogen and oxygen atoms in total. The Morgan fingerprint density at radius 2 is 1.62 bits per heavy atom. The van der Waals surface area contributed by atoms with Gasteiger partial charge in [-0.25, -0.2) is 4.57 Å². The van der Waals surface area contributed by atoms with Crippen LogP contribution in [0.4, 0.5) is 0 Å². The number of hydrogen-bond acceptors (Lipinski definition) is 1. The number of hydrogen-bond donors (Lipinski definition) is 1. The molecule has 0 amide bonds. The van der Waals surface area contributed by atoms with Crippen LogP contribution in [0.15, 0.2) is 60.9 Å². The molecule has 0 saturated carbocycles. The summed E-state index contributed by atoms with van der Waals surface area (Å²) in [5.74, 6) is 0.303. The van der Waals surface area contributed by atoms with E-state index in [9.17, 15) is 5.11 Å². The molecule has 0 aliphatic rings. The number of aromatic nitrogens is 1. The number of benzene rings is 2. The molecule has 1 aromatic heterocycles. The monoisotopic (exact) mass is 389 g/mol. The Bertz CT molecular complexity index is 796. The van der Waals surface area contributed by atoms with Gasteiger partial charge in [-0.2, -0.15) is 0 Å². The smallest absolute Gasteiger partial charge is 0.175 e. The van der Waals surface area contributed by atoms with E-state index in [2.05, 4.69) is 36.5 Å². The van der Waals surface area contributed by atoms with Gasteiger partial charge in [-0.1, -0.05) is 24.3 Å². The minimum atomic E-state index is 0. The summed E-state index contributed by atoms with van der Waals surface area (Å²) in [5, 5.41) is 11.6. The van der Waals surface area contributed by atoms with Crippen LogP contribution in [0.5, 0.6) is 5.75 Å². The number of nitrogens with zero attached hydrogens (tertiary/aromatic N) is 1. The predicted molar refractivity (Wildman–Crippen MR) is 82.2 cm³/mol. The van der Waals surface area contributed by atoms with Gasteiger partial charge < -0.3 is 29.1 Å². The van der Waals surface area contributed by atoms with Crippen molar-refractivity contribution in [3.05, 3.63) is 72.1 Å². The topological polar surface area (TPSA) is 24.1 Å². The van der Waals surface area contributed by atoms with Crippen molar-refractivity contribution in [1.82, 2.24) is 0 Å². The fourth-order valence-electron chi connectivity index (χ4n) is 2.26. The average molecular weight is 389 g/mol. The average Bonchev–Trinajstić information content (AvgIpc) is 2.45. The van der Waals surface area contributed by atoms with Crippen LogP contribution >= 0.6 is 0 Å². The third kappa shape index (κ3) is 3.82. The first kappa shape index (κ1) is 15.5. The summed E-state index contributed by atoms with van der Waals surface area (Å²) in [6.07, 6.45) is 8.29. The van der Waals surface area contributed by atoms with Crippen molar-refractivity contribution in [2.45, 2.75) is 0 Å². The number of aromatic hydroxyl groups is 1. The molecule has 0 bridgehead atoms. The molecule has 1 N–H and O–H groups in total. The van der Waals surface area contributed by atoms with E-state index in [0.717, 1.165) is 16.3 Å². The molecule has 3 rings (SSSR count). The van der Waals surface area contributed by atoms with Gasteiger partial charge in [0.2, 0.25) is 0 Å². The summed E-state index contributed by atoms with van der Waals surface area (Å²) in [5.41, 5.74) is 2.32. The fourth-order valence-corrected chi connectivity index (χ4v) is 2.26. The molecule has 0 atom stereocenters. The zero-order valence-electron chi connectivity index (χ0n) is 11.7. The summed E-state index contributed by atoms with van der Waals surface area (Å²) in [6.45, 7) is 0. The summed E-state index contributed by atoms with van der Waals surface area (Å²) >= 11 is 0. The first-order valence-electron chi connectivity index (χ1n) is 6.57. The number of aryl methyl sites for hydroxylation is 1. The van der Waals surface area contributed by atoms with Crippen molar-refractivity contribution >= 4 is 22.9 Å². The number of pyridine rings is 1. The van der Waals surface area contributed by atoms with Crippen molar-refractivity contribution in [2.75, 3.05) is 0 Å². The lowest BCUT2D eigenvalue weighted by Crippen LogP contribution is -3.00. The first-order valence-corrected chi connectivity index (χ1v) is 6.57. The minimum Gasteiger partial charge on any atom is -1.00 e. The van der Waals surface area contributed by atoms with Gasteiger partial charge in [0.1, 0.15) is 12.8 Å². The zero-order chi connectivity index (χ0) is 13.9. The molecule has 0 unspecified atom stereocenters. The Balaban J connectivity index is 0.00000161. The molecule has 0 fully saturated rings. The lowest BCUT2D eigenvalue weighted by atomic mass is 10.1. The normalized spacial score (nSPS) is 10.7. The Morgan fingerprint density at radius 1 is 0.905 bits per heavy atom. The molecule has 21 heavy (non-hydrogen) atoms. The van der Waals surface area contributed by atoms with E-state index in [1.807, 2.05) is 36.0 Å². The van der Waals surface area contributed by atoms with Gasteiger partial charge in [-0.15, -0.1) is 0 Å². The van der Waals surface area contributed by atoms with Gasteiger partial charge in [0.25, 0.3) is 0 Å². The van der Waals surface area contributed by atoms with Crippen molar-refractivity contribution in [2.24, 2.45) is 7.05 Å². The minimum absolute atomic E-state index is 0. The van der Waals surface area contributed by atoms with Crippen LogP contribution in [0.3, 0.4) is 0 Å². The van der Waals surface area contributed by atoms with E-state index in [1.54, 1.807) is 12.1 Å². The maximum Gasteiger partial charge on any atom is 0.175 e. The van der Waals surface area contributed by atoms with Crippen LogP contribution in [0.1, 0.15) is 11.1 Å². The van der Waals surface area contributed by atoms with E-state index in [1.165, 1.54) is 5.56 Å². The summed E-state index contributed by atoms with van der Waals surface area (Å²) in [7, 11) is 2.01. The standard InChI is InChI=1S/C18H15NO.HI/c1-19-10-2-3-15(13-19)5-4-14-6-7-17-12-18(20)9-8-16(17)11-14;/h2-13H,1H3;1H/b5-4+;. The Hall–Kier alpha value is -1.88. The third-order valence-corrected chi connectivity index (χ3v) is 3.28. The van der Waals surface area contributed by atoms with Gasteiger partial charge in [-0.05, 0) is 46.7 Å². The molecule has 0 spiro atoms. The molecule has 0 saturated heterocycles. The predicted octanol–water partition coefficient (Wildman–Crippen LogP) is 0.544. The van der Waals surface area contributed by atoms with Gasteiger partial charge in [0.15, 0.2) is 12.4 Å². The van der Waals surface area contributed by atoms with Crippen LogP contribution in [0, 0.1) is 0 Å². The summed E-state index contributed by atoms with van der Waals surface area (Å²) in [4.78, 5) is 0. The maximum absolute atomic E-state index is 9.46. The van der Waals surface area contributed by atoms with E-state index >= 15 is 0 Å². The Kier molecular flexibility index (Phi) is 4.96. The fraction of sp³-hybridized carbons (Fsp3) is 0.0556. The van der Waals surface area contributed by atoms with Crippen molar-refractivity contribution in [3.63, 3.8) is 0 Å². The molecule has 0 aliphatic carbocycles. The molecular weight excluding hydrogens is 373 g/mol. The van der Waals surface area contributed by atoms with E-state index < -0.39 is 0 Å². The number of phenols is 1. The SMILES string of the molecule is C[n+]1cccc(/C=C/c2ccc3cc(O)ccc3c2)c1.[I-]. The highest BCUT2D eigenvalue weighted by molar-refractivity contribution is 5.87. The van der Waals surface area contributed by atoms with Crippen LogP contribution in [-0.4, -0.2) is 5.11 Å². The molecule has 0 radical (unpaired) electrons. The highest BCUT2D eigenvalue weighted by Gasteiger charge is 1.97. The van der Waals surface area contributed by atoms with Crippen LogP contribution < -0.4 is 28.5 Å². The quantitative estimate of drug-likeness (QED) is 0.503. The van der Waals surface area contributed by atoms with Crippen LogP contribution in [0.2, 0.25) is 0 Å². The Morgan fingerprint density at radius 3 is 2.43 bits per heavy atom. The number of halogens is 1. The number of rotatable bonds is 2. The third-order valence-electron chi connectivity index (χ3n) is 3.28. The second kappa shape index (κ2) is 6.72. The zero-order valence-corrected chi connectivity index (χ0v) is 13.9. The van der Waals surface area contributed by atoms with E-state index in [0.29, 0.717) is 5.75 Å². The molecule has 106 valence electrons. The van der Waals surface area contributed by atoms with Gasteiger partial charge in [0, 0.05) is 11.6 Å². The maximum atomic E-state index is 9.46. The summed E-state index contributed by atoms with van der Waals surface area (Å²) in [6, 6.07) is 15.7. The molecule has 3 aromatic rings. The molecule has 2 aromatic carbocycles. The number of fused-ring (bicyclic) bond motifs is 1. The highest BCUT2D eigenvalue weighted by atomic mass is 127. The number of phenolic OH excluding ortho intramolecular Hbond substituents is 1. The first-order chi connectivity index (χ1) is 9.70. The van der Waals surface area contributed by atoms with Crippen molar-refractivity contribution in [3.8, 4) is 5.75 Å². The lowest BCUT2D eigenvalue weighted by molar-refractivity contribution is -0.671. The Labute approximate surface area is 141 Å². The molecule has 1 heterocycles. The molecular formula is C18H16INO. The van der Waals surface area contributed by atoms with Gasteiger partial charge in [0.05, 0.1) is 0 Å². The van der Waals surface area contributed by atoms with Crippen molar-refractivity contribution < 1.29 is 33.7 Å². The van der Waals surface area contributed by atoms with Gasteiger partial charge in [-0.3, -0.25) is 0 Å². The van der Waals surface area contributed by atoms with Crippen molar-refractivity contribution in [1.29, 1.82) is 0 Å². The largest absolute Gasteiger partial charge is 1.00 e. The second-order valence-corrected chi connectivity index (χ2v) is 4.93. The van der Waals surface area contributed by atoms with Crippen LogP contribution in [0.25, 0.3) is 22.9 Å². The summed E-state index contributed by atoms with van der Waals surface area (Å²) < 4.78 is 2.03. The van der Waals surface area contributed by atoms with E-state index in [-0.39, 0.29) is 24.0 Å². The molecule has 3 heteroatoms.